The third-order valence-corrected chi connectivity index (χ3v) is 19.0. The number of H-pyrrole nitrogens is 1. The zero-order valence-electron chi connectivity index (χ0n) is 65.5. The maximum atomic E-state index is 13.6. The molecule has 119 heavy (non-hydrogen) atoms. The van der Waals surface area contributed by atoms with Crippen LogP contribution in [0, 0.1) is 0 Å². The second-order valence-corrected chi connectivity index (χ2v) is 28.2. The SMILES string of the molecule is CN(CCCN=C(O)CCNC(=O)c1cc(NC(=O)c2cc(NC(=O)c3cc(NC(=O)c4nc(N=C(O)CCCNC(=O)c5cc(NC(=O)c6cc(NC(=O)c7nc(NC(=O)c8nccn8C)cn7C)cn6C)cn5C)cn4C)cn3C)cn2C)c[nH]1)CCCN=C(S)Nc1ccc(-c2c3ccc(=O)cc-3oc3cc(O)ccc23)c(C(=O)O)c1. The van der Waals surface area contributed by atoms with Crippen molar-refractivity contribution in [2.45, 2.75) is 32.1 Å². The fourth-order valence-corrected chi connectivity index (χ4v) is 13.1. The molecule has 0 saturated carbocycles. The van der Waals surface area contributed by atoms with E-state index in [9.17, 15) is 68.4 Å². The summed E-state index contributed by atoms with van der Waals surface area (Å²) in [7, 11) is 13.2. The van der Waals surface area contributed by atoms with Gasteiger partial charge in [0.1, 0.15) is 45.6 Å². The Balaban J connectivity index is 0.523. The van der Waals surface area contributed by atoms with Crippen molar-refractivity contribution >= 4 is 140 Å². The molecule has 0 atom stereocenters. The van der Waals surface area contributed by atoms with E-state index < -0.39 is 53.2 Å². The van der Waals surface area contributed by atoms with Gasteiger partial charge in [-0.2, -0.15) is 4.99 Å². The van der Waals surface area contributed by atoms with Gasteiger partial charge in [-0.15, -0.1) is 12.6 Å². The number of nitrogens with one attached hydrogen (secondary N) is 10. The minimum atomic E-state index is -1.19. The number of phenols is 1. The number of anilines is 7. The minimum absolute atomic E-state index is 0.0125. The van der Waals surface area contributed by atoms with Crippen molar-refractivity contribution in [2.24, 2.45) is 64.3 Å². The average molecular weight is 1640 g/mol. The largest absolute Gasteiger partial charge is 0.508 e. The first-order chi connectivity index (χ1) is 56.9. The molecule has 39 nitrogen and oxygen atoms in total. The smallest absolute Gasteiger partial charge is 0.336 e. The van der Waals surface area contributed by atoms with Gasteiger partial charge in [-0.05, 0) is 112 Å². The number of aliphatic hydroxyl groups is 2. The average Bonchev–Trinajstić information content (AvgIpc) is 1.67. The number of nitrogens with zero attached hydrogens (tertiary/aromatic N) is 14. The van der Waals surface area contributed by atoms with E-state index in [4.69, 9.17) is 4.42 Å². The molecular formula is C79H84N24O15S. The lowest BCUT2D eigenvalue weighted by atomic mass is 9.90. The monoisotopic (exact) mass is 1640 g/mol. The highest BCUT2D eigenvalue weighted by Crippen LogP contribution is 2.43. The van der Waals surface area contributed by atoms with Crippen LogP contribution in [0.4, 0.5) is 45.8 Å². The molecule has 0 spiro atoms. The van der Waals surface area contributed by atoms with Crippen LogP contribution >= 0.6 is 12.6 Å². The first kappa shape index (κ1) is 83.3. The number of aliphatic imine (C=N–C) groups is 3. The first-order valence-electron chi connectivity index (χ1n) is 37.0. The Hall–Kier alpha value is -15.1. The Labute approximate surface area is 682 Å². The molecule has 0 saturated heterocycles. The van der Waals surface area contributed by atoms with Gasteiger partial charge in [-0.25, -0.2) is 19.7 Å². The summed E-state index contributed by atoms with van der Waals surface area (Å²) >= 11 is 4.49. The summed E-state index contributed by atoms with van der Waals surface area (Å²) in [4.78, 5) is 161. The zero-order valence-corrected chi connectivity index (χ0v) is 66.4. The van der Waals surface area contributed by atoms with Gasteiger partial charge in [0.2, 0.25) is 11.6 Å². The van der Waals surface area contributed by atoms with Crippen molar-refractivity contribution in [1.29, 1.82) is 0 Å². The molecule has 14 N–H and O–H groups in total. The predicted molar refractivity (Wildman–Crippen MR) is 448 cm³/mol. The van der Waals surface area contributed by atoms with Crippen LogP contribution in [0.2, 0.25) is 0 Å². The van der Waals surface area contributed by atoms with Crippen molar-refractivity contribution in [2.75, 3.05) is 83.5 Å². The fourth-order valence-electron chi connectivity index (χ4n) is 12.9. The van der Waals surface area contributed by atoms with Gasteiger partial charge in [0.15, 0.2) is 39.9 Å². The van der Waals surface area contributed by atoms with E-state index in [2.05, 4.69) is 100 Å². The Kier molecular flexibility index (Phi) is 25.6. The quantitative estimate of drug-likeness (QED) is 0.00603. The van der Waals surface area contributed by atoms with Gasteiger partial charge >= 0.3 is 5.97 Å². The highest BCUT2D eigenvalue weighted by Gasteiger charge is 2.27. The molecule has 0 unspecified atom stereocenters. The number of amidine groups is 1. The van der Waals surface area contributed by atoms with E-state index in [1.165, 1.54) is 136 Å². The second-order valence-electron chi connectivity index (χ2n) is 27.8. The predicted octanol–water partition coefficient (Wildman–Crippen LogP) is 8.35. The number of imidazole rings is 3. The number of carbonyl (C=O) groups excluding carboxylic acids is 8. The summed E-state index contributed by atoms with van der Waals surface area (Å²) in [5.74, 6) is -5.59. The number of aliphatic hydroxyl groups excluding tert-OH is 2. The number of hydrogen-bond acceptors (Lipinski definition) is 19. The van der Waals surface area contributed by atoms with Crippen LogP contribution in [0.25, 0.3) is 33.4 Å². The summed E-state index contributed by atoms with van der Waals surface area (Å²) in [5, 5.41) is 67.4. The van der Waals surface area contributed by atoms with E-state index in [1.807, 2.05) is 7.05 Å². The Morgan fingerprint density at radius 2 is 1.07 bits per heavy atom. The number of rotatable bonds is 33. The minimum Gasteiger partial charge on any atom is -0.508 e. The molecule has 2 aliphatic rings. The molecule has 10 aromatic rings. The zero-order chi connectivity index (χ0) is 85.0. The van der Waals surface area contributed by atoms with E-state index >= 15 is 0 Å². The topological polar surface area (TPSA) is 502 Å². The Morgan fingerprint density at radius 3 is 1.67 bits per heavy atom. The van der Waals surface area contributed by atoms with E-state index in [0.717, 1.165) is 0 Å². The lowest BCUT2D eigenvalue weighted by molar-refractivity contribution is 0.0695. The second kappa shape index (κ2) is 36.6. The van der Waals surface area contributed by atoms with Crippen LogP contribution < -0.4 is 53.3 Å². The molecule has 616 valence electrons. The number of aromatic hydroxyl groups is 1. The molecule has 12 rings (SSSR count). The number of fused-ring (bicyclic) bond motifs is 2. The molecule has 0 bridgehead atoms. The molecule has 9 heterocycles. The molecule has 1 aliphatic heterocycles. The Morgan fingerprint density at radius 1 is 0.513 bits per heavy atom. The fraction of sp³-hybridized carbons (Fsp3) is 0.241. The van der Waals surface area contributed by atoms with E-state index in [-0.39, 0.29) is 152 Å². The summed E-state index contributed by atoms with van der Waals surface area (Å²) in [6.45, 7) is 2.32. The van der Waals surface area contributed by atoms with Gasteiger partial charge in [-0.1, -0.05) is 6.07 Å². The highest BCUT2D eigenvalue weighted by atomic mass is 32.1. The number of aryl methyl sites for hydroxylation is 7. The number of carboxylic acids is 1. The normalized spacial score (nSPS) is 11.8. The van der Waals surface area contributed by atoms with Crippen LogP contribution in [0.3, 0.4) is 0 Å². The van der Waals surface area contributed by atoms with Crippen LogP contribution in [-0.2, 0) is 49.3 Å². The van der Waals surface area contributed by atoms with Crippen molar-refractivity contribution in [3.63, 3.8) is 0 Å². The number of thiol groups is 1. The number of carbonyl (C=O) groups is 9. The van der Waals surface area contributed by atoms with Gasteiger partial charge in [0.05, 0.1) is 40.2 Å². The van der Waals surface area contributed by atoms with Gasteiger partial charge in [0.25, 0.3) is 47.3 Å². The van der Waals surface area contributed by atoms with Crippen LogP contribution in [0.1, 0.15) is 127 Å². The summed E-state index contributed by atoms with van der Waals surface area (Å²) in [5.41, 5.74) is 4.08. The molecule has 1 aliphatic carbocycles. The van der Waals surface area contributed by atoms with Gasteiger partial charge in [-0.3, -0.25) is 53.1 Å². The van der Waals surface area contributed by atoms with E-state index in [0.29, 0.717) is 78.2 Å². The number of aromatic nitrogens is 11. The number of hydrogen-bond donors (Lipinski definition) is 15. The van der Waals surface area contributed by atoms with Crippen molar-refractivity contribution < 1.29 is 68.0 Å². The number of carboxylic acid groups (broad SMARTS) is 1. The Bertz CT molecular complexity index is 6050. The third kappa shape index (κ3) is 20.5. The van der Waals surface area contributed by atoms with Crippen LogP contribution in [0.5, 0.6) is 5.75 Å². The lowest BCUT2D eigenvalue weighted by Crippen LogP contribution is -2.26. The summed E-state index contributed by atoms with van der Waals surface area (Å²) in [6.07, 6.45) is 15.3. The number of phenolic OH excluding ortho intramolecular Hbond substituents is 1. The number of benzene rings is 3. The van der Waals surface area contributed by atoms with Crippen molar-refractivity contribution in [3.8, 4) is 28.2 Å². The molecule has 0 radical (unpaired) electrons. The van der Waals surface area contributed by atoms with Crippen molar-refractivity contribution in [1.82, 2.24) is 67.4 Å². The molecule has 2 aromatic carbocycles. The molecule has 8 amide bonds. The maximum absolute atomic E-state index is 13.6. The van der Waals surface area contributed by atoms with Crippen molar-refractivity contribution in [3.05, 3.63) is 202 Å². The molecule has 8 aromatic heterocycles. The van der Waals surface area contributed by atoms with Crippen LogP contribution in [-0.4, -0.2) is 194 Å². The first-order valence-corrected chi connectivity index (χ1v) is 37.4. The standard InChI is InChI=1S/C79H84N24O15S/c1-96(26-11-22-84-79(119)91-43-13-16-51(54(28-43)78(116)117)66-52-17-14-49(104)34-60(52)118-61-35-50(105)15-18-53(61)66)25-10-21-80-64(106)19-23-83-70(108)55-29-44(36-85-55)86-72(110)57-31-46(38-99(57)4)88-74(112)59-32-47(39-101(59)6)89-76(114)68-93-62(41-102(68)7)92-65(107)12-9-20-82-71(109)56-30-45(37-98(56)3)87-73(111)58-33-48(40-100(58)5)90-77(115)69-94-63(42-103(69)8)95-75(113)67-81-24-27-97(67)2/h13-18,24,27-42,85,104H,9-12,19-23,25-26H2,1-8H3,(H,80,106)(H,82,109)(H,83,108)(H,86,110)(H,87,111)(H,88,112)(H,89,114)(H,90,115)(H,92,107)(H,95,113)(H,116,117)(H2,84,91,119). The van der Waals surface area contributed by atoms with Gasteiger partial charge in [0, 0.05) is 172 Å². The molecular weight excluding hydrogens is 1560 g/mol. The summed E-state index contributed by atoms with van der Waals surface area (Å²) < 4.78 is 16.3. The highest BCUT2D eigenvalue weighted by molar-refractivity contribution is 7.97. The number of aromatic carboxylic acids is 1. The van der Waals surface area contributed by atoms with Crippen LogP contribution in [0.15, 0.2) is 165 Å². The van der Waals surface area contributed by atoms with E-state index in [1.54, 1.807) is 86.0 Å². The maximum Gasteiger partial charge on any atom is 0.336 e. The lowest BCUT2D eigenvalue weighted by Gasteiger charge is -2.17. The summed E-state index contributed by atoms with van der Waals surface area (Å²) in [6, 6.07) is 20.9. The molecule has 0 fully saturated rings. The third-order valence-electron chi connectivity index (χ3n) is 18.7. The number of aromatic amines is 1. The number of amides is 8. The molecule has 40 heteroatoms. The van der Waals surface area contributed by atoms with Gasteiger partial charge < -0.3 is 115 Å².